The van der Waals surface area contributed by atoms with E-state index in [1.165, 1.54) is 6.20 Å². The Morgan fingerprint density at radius 3 is 2.71 bits per heavy atom. The van der Waals surface area contributed by atoms with Crippen LogP contribution < -0.4 is 5.32 Å². The van der Waals surface area contributed by atoms with Gasteiger partial charge in [-0.05, 0) is 18.9 Å². The molecule has 1 rings (SSSR count). The third kappa shape index (κ3) is 3.32. The molecule has 0 saturated carbocycles. The molecule has 0 aliphatic rings. The normalized spacial score (nSPS) is 11.0. The molecular weight excluding hydrogens is 238 g/mol. The highest BCUT2D eigenvalue weighted by Crippen LogP contribution is 2.24. The maximum Gasteiger partial charge on any atom is 0.146 e. The number of nitrogens with one attached hydrogen (secondary N) is 1. The van der Waals surface area contributed by atoms with E-state index in [1.807, 2.05) is 19.9 Å². The lowest BCUT2D eigenvalue weighted by Gasteiger charge is -2.25. The summed E-state index contributed by atoms with van der Waals surface area (Å²) in [4.78, 5) is 4.05. The zero-order chi connectivity index (χ0) is 12.9. The molecule has 0 aliphatic carbocycles. The predicted octanol–water partition coefficient (Wildman–Crippen LogP) is 2.57. The second kappa shape index (κ2) is 5.85. The number of nitriles is 1. The van der Waals surface area contributed by atoms with Crippen molar-refractivity contribution in [2.24, 2.45) is 0 Å². The molecule has 0 fully saturated rings. The van der Waals surface area contributed by atoms with Crippen LogP contribution in [0.25, 0.3) is 0 Å². The molecule has 0 atom stereocenters. The zero-order valence-corrected chi connectivity index (χ0v) is 10.8. The first-order chi connectivity index (χ1) is 8.06. The van der Waals surface area contributed by atoms with Gasteiger partial charge in [0.15, 0.2) is 0 Å². The van der Waals surface area contributed by atoms with Gasteiger partial charge in [0.1, 0.15) is 16.9 Å². The number of anilines is 1. The molecule has 17 heavy (non-hydrogen) atoms. The van der Waals surface area contributed by atoms with E-state index < -0.39 is 5.60 Å². The average molecular weight is 254 g/mol. The molecular formula is C12H16ClN3O. The first kappa shape index (κ1) is 13.8. The molecule has 0 aromatic carbocycles. The number of hydrogen-bond donors (Lipinski definition) is 2. The minimum Gasteiger partial charge on any atom is -0.388 e. The number of nitrogens with zero attached hydrogens (tertiary/aromatic N) is 2. The van der Waals surface area contributed by atoms with Gasteiger partial charge >= 0.3 is 0 Å². The van der Waals surface area contributed by atoms with E-state index >= 15 is 0 Å². The maximum absolute atomic E-state index is 10.1. The van der Waals surface area contributed by atoms with E-state index in [9.17, 15) is 5.11 Å². The van der Waals surface area contributed by atoms with Crippen molar-refractivity contribution in [1.82, 2.24) is 4.98 Å². The lowest BCUT2D eigenvalue weighted by molar-refractivity contribution is 0.0456. The number of aliphatic hydroxyl groups is 1. The smallest absolute Gasteiger partial charge is 0.146 e. The van der Waals surface area contributed by atoms with E-state index in [1.54, 1.807) is 6.07 Å². The van der Waals surface area contributed by atoms with Gasteiger partial charge in [0, 0.05) is 12.7 Å². The van der Waals surface area contributed by atoms with Gasteiger partial charge in [0.05, 0.1) is 11.2 Å². The highest BCUT2D eigenvalue weighted by molar-refractivity contribution is 6.34. The first-order valence-corrected chi connectivity index (χ1v) is 5.95. The second-order valence-corrected chi connectivity index (χ2v) is 4.30. The molecule has 0 amide bonds. The lowest BCUT2D eigenvalue weighted by Crippen LogP contribution is -2.35. The highest BCUT2D eigenvalue weighted by atomic mass is 35.5. The summed E-state index contributed by atoms with van der Waals surface area (Å²) in [6.07, 6.45) is 2.81. The molecule has 5 heteroatoms. The molecule has 2 N–H and O–H groups in total. The fourth-order valence-electron chi connectivity index (χ4n) is 1.40. The Hall–Kier alpha value is -1.31. The van der Waals surface area contributed by atoms with Gasteiger partial charge in [-0.25, -0.2) is 4.98 Å². The molecule has 4 nitrogen and oxygen atoms in total. The van der Waals surface area contributed by atoms with Crippen LogP contribution in [0.1, 0.15) is 32.3 Å². The molecule has 0 radical (unpaired) electrons. The summed E-state index contributed by atoms with van der Waals surface area (Å²) in [5.74, 6) is 0.436. The Balaban J connectivity index is 2.80. The van der Waals surface area contributed by atoms with Gasteiger partial charge in [-0.15, -0.1) is 0 Å². The topological polar surface area (TPSA) is 68.9 Å². The van der Waals surface area contributed by atoms with Crippen LogP contribution in [0.4, 0.5) is 5.82 Å². The van der Waals surface area contributed by atoms with Crippen molar-refractivity contribution in [3.8, 4) is 6.07 Å². The van der Waals surface area contributed by atoms with Gasteiger partial charge in [0.25, 0.3) is 0 Å². The minimum absolute atomic E-state index is 0.296. The molecule has 0 spiro atoms. The molecule has 0 bridgehead atoms. The van der Waals surface area contributed by atoms with Gasteiger partial charge in [-0.2, -0.15) is 5.26 Å². The summed E-state index contributed by atoms with van der Waals surface area (Å²) in [5.41, 5.74) is -0.395. The Labute approximate surface area is 106 Å². The number of pyridine rings is 1. The molecule has 0 unspecified atom stereocenters. The third-order valence-corrected chi connectivity index (χ3v) is 3.29. The molecule has 1 aromatic rings. The average Bonchev–Trinajstić information content (AvgIpc) is 2.37. The standard InChI is InChI=1S/C12H16ClN3O/c1-3-12(17,4-2)8-16-11-10(13)9(7-14)5-6-15-11/h5-6,17H,3-4,8H2,1-2H3,(H,15,16). The highest BCUT2D eigenvalue weighted by Gasteiger charge is 2.22. The van der Waals surface area contributed by atoms with Crippen LogP contribution in [-0.4, -0.2) is 22.2 Å². The molecule has 1 heterocycles. The predicted molar refractivity (Wildman–Crippen MR) is 68.0 cm³/mol. The van der Waals surface area contributed by atoms with Crippen molar-refractivity contribution in [2.45, 2.75) is 32.3 Å². The van der Waals surface area contributed by atoms with E-state index in [4.69, 9.17) is 16.9 Å². The van der Waals surface area contributed by atoms with Gasteiger partial charge in [-0.1, -0.05) is 25.4 Å². The summed E-state index contributed by atoms with van der Waals surface area (Å²) in [6, 6.07) is 3.54. The molecule has 92 valence electrons. The summed E-state index contributed by atoms with van der Waals surface area (Å²) in [6.45, 7) is 4.21. The van der Waals surface area contributed by atoms with Crippen LogP contribution in [0.3, 0.4) is 0 Å². The van der Waals surface area contributed by atoms with Crippen molar-refractivity contribution < 1.29 is 5.11 Å². The van der Waals surface area contributed by atoms with Crippen molar-refractivity contribution >= 4 is 17.4 Å². The number of halogens is 1. The Kier molecular flexibility index (Phi) is 4.73. The van der Waals surface area contributed by atoms with Crippen LogP contribution in [0.15, 0.2) is 12.3 Å². The van der Waals surface area contributed by atoms with E-state index in [0.717, 1.165) is 0 Å². The van der Waals surface area contributed by atoms with E-state index in [-0.39, 0.29) is 0 Å². The first-order valence-electron chi connectivity index (χ1n) is 5.57. The third-order valence-electron chi connectivity index (χ3n) is 2.91. The van der Waals surface area contributed by atoms with Crippen LogP contribution in [0.5, 0.6) is 0 Å². The van der Waals surface area contributed by atoms with Crippen molar-refractivity contribution in [2.75, 3.05) is 11.9 Å². The summed E-state index contributed by atoms with van der Waals surface area (Å²) in [7, 11) is 0. The summed E-state index contributed by atoms with van der Waals surface area (Å²) < 4.78 is 0. The quantitative estimate of drug-likeness (QED) is 0.846. The number of aromatic nitrogens is 1. The molecule has 0 aliphatic heterocycles. The second-order valence-electron chi connectivity index (χ2n) is 3.92. The maximum atomic E-state index is 10.1. The zero-order valence-electron chi connectivity index (χ0n) is 10.00. The van der Waals surface area contributed by atoms with Gasteiger partial charge < -0.3 is 10.4 Å². The largest absolute Gasteiger partial charge is 0.388 e. The van der Waals surface area contributed by atoms with Crippen LogP contribution in [-0.2, 0) is 0 Å². The lowest BCUT2D eigenvalue weighted by atomic mass is 9.98. The SMILES string of the molecule is CCC(O)(CC)CNc1nccc(C#N)c1Cl. The minimum atomic E-state index is -0.770. The van der Waals surface area contributed by atoms with Crippen LogP contribution in [0.2, 0.25) is 5.02 Å². The van der Waals surface area contributed by atoms with Crippen molar-refractivity contribution in [1.29, 1.82) is 5.26 Å². The Morgan fingerprint density at radius 1 is 1.53 bits per heavy atom. The fraction of sp³-hybridized carbons (Fsp3) is 0.500. The van der Waals surface area contributed by atoms with Crippen molar-refractivity contribution in [3.05, 3.63) is 22.8 Å². The van der Waals surface area contributed by atoms with Crippen LogP contribution in [0, 0.1) is 11.3 Å². The number of hydrogen-bond acceptors (Lipinski definition) is 4. The summed E-state index contributed by atoms with van der Waals surface area (Å²) in [5, 5.41) is 22.2. The molecule has 1 aromatic heterocycles. The van der Waals surface area contributed by atoms with Crippen molar-refractivity contribution in [3.63, 3.8) is 0 Å². The fourth-order valence-corrected chi connectivity index (χ4v) is 1.62. The Bertz CT molecular complexity index is 424. The van der Waals surface area contributed by atoms with Gasteiger partial charge in [-0.3, -0.25) is 0 Å². The Morgan fingerprint density at radius 2 is 2.18 bits per heavy atom. The van der Waals surface area contributed by atoms with E-state index in [0.29, 0.717) is 35.8 Å². The van der Waals surface area contributed by atoms with Crippen LogP contribution >= 0.6 is 11.6 Å². The summed E-state index contributed by atoms with van der Waals surface area (Å²) >= 11 is 6.00. The molecule has 0 saturated heterocycles. The van der Waals surface area contributed by atoms with E-state index in [2.05, 4.69) is 10.3 Å². The van der Waals surface area contributed by atoms with Gasteiger partial charge in [0.2, 0.25) is 0 Å². The number of rotatable bonds is 5. The monoisotopic (exact) mass is 253 g/mol.